The van der Waals surface area contributed by atoms with Crippen LogP contribution in [0.2, 0.25) is 0 Å². The second-order valence-corrected chi connectivity index (χ2v) is 13.5. The summed E-state index contributed by atoms with van der Waals surface area (Å²) in [5.41, 5.74) is -2.46. The monoisotopic (exact) mass is 532 g/mol. The van der Waals surface area contributed by atoms with E-state index in [4.69, 9.17) is 14.2 Å². The van der Waals surface area contributed by atoms with E-state index in [0.717, 1.165) is 38.5 Å². The molecule has 0 aromatic carbocycles. The lowest BCUT2D eigenvalue weighted by Gasteiger charge is -2.62. The molecule has 0 spiro atoms. The molecule has 0 unspecified atom stereocenters. The molecular weight excluding hydrogens is 485 g/mol. The molecule has 4 aliphatic carbocycles. The van der Waals surface area contributed by atoms with E-state index >= 15 is 0 Å². The number of aliphatic hydroxyl groups is 1. The van der Waals surface area contributed by atoms with Crippen molar-refractivity contribution in [3.05, 3.63) is 0 Å². The zero-order chi connectivity index (χ0) is 27.4. The minimum atomic E-state index is -4.55. The molecule has 10 atom stereocenters. The molecule has 0 aliphatic heterocycles. The number of fused-ring (bicyclic) bond motifs is 5. The molecule has 0 aromatic heterocycles. The van der Waals surface area contributed by atoms with Crippen LogP contribution in [-0.2, 0) is 14.2 Å². The van der Waals surface area contributed by atoms with Gasteiger partial charge in [-0.3, -0.25) is 0 Å². The molecule has 5 nitrogen and oxygen atoms in total. The van der Waals surface area contributed by atoms with E-state index in [1.165, 1.54) is 0 Å². The Morgan fingerprint density at radius 3 is 2.27 bits per heavy atom. The summed E-state index contributed by atoms with van der Waals surface area (Å²) in [7, 11) is 0. The fourth-order valence-electron chi connectivity index (χ4n) is 9.30. The van der Waals surface area contributed by atoms with Gasteiger partial charge < -0.3 is 19.3 Å². The van der Waals surface area contributed by atoms with Crippen molar-refractivity contribution in [3.8, 4) is 0 Å². The average Bonchev–Trinajstić information content (AvgIpc) is 3.15. The van der Waals surface area contributed by atoms with Crippen molar-refractivity contribution in [2.75, 3.05) is 6.79 Å². The van der Waals surface area contributed by atoms with Crippen LogP contribution in [0, 0.1) is 46.3 Å². The van der Waals surface area contributed by atoms with Crippen LogP contribution < -0.4 is 0 Å². The van der Waals surface area contributed by atoms with Crippen LogP contribution in [0.15, 0.2) is 0 Å². The van der Waals surface area contributed by atoms with Crippen LogP contribution >= 0.6 is 0 Å². The zero-order valence-corrected chi connectivity index (χ0v) is 23.4. The topological polar surface area (TPSA) is 65.0 Å². The molecule has 0 saturated heterocycles. The zero-order valence-electron chi connectivity index (χ0n) is 23.4. The highest BCUT2D eigenvalue weighted by molar-refractivity contribution is 5.59. The number of alkyl halides is 3. The van der Waals surface area contributed by atoms with Crippen LogP contribution in [-0.4, -0.2) is 42.0 Å². The Hall–Kier alpha value is -1.02. The number of hydrogen-bond acceptors (Lipinski definition) is 5. The Kier molecular flexibility index (Phi) is 7.97. The Morgan fingerprint density at radius 1 is 0.946 bits per heavy atom. The number of rotatable bonds is 6. The molecule has 0 heterocycles. The standard InChI is InChI=1S/C29H47F3O5/c1-17(2)37-25(33)36-16-35-19(4)18(3)22-9-10-23-21-8-7-20-15-28(34,29(30,31)32)14-13-26(20,5)24(21)11-12-27(22,23)6/h17-24,34H,7-16H2,1-6H3/t18-,19-,20-,21+,22-,23+,24+,26+,27-,28-/m1/s1. The van der Waals surface area contributed by atoms with Gasteiger partial charge in [0.25, 0.3) is 0 Å². The summed E-state index contributed by atoms with van der Waals surface area (Å²) in [6.07, 6.45) is 0.745. The van der Waals surface area contributed by atoms with E-state index in [1.54, 1.807) is 13.8 Å². The number of halogens is 3. The first-order valence-corrected chi connectivity index (χ1v) is 14.4. The van der Waals surface area contributed by atoms with Crippen molar-refractivity contribution in [1.82, 2.24) is 0 Å². The van der Waals surface area contributed by atoms with Crippen molar-refractivity contribution < 1.29 is 37.3 Å². The van der Waals surface area contributed by atoms with E-state index < -0.39 is 17.9 Å². The third-order valence-electron chi connectivity index (χ3n) is 11.5. The van der Waals surface area contributed by atoms with E-state index in [9.17, 15) is 23.1 Å². The quantitative estimate of drug-likeness (QED) is 0.283. The van der Waals surface area contributed by atoms with E-state index in [0.29, 0.717) is 36.0 Å². The summed E-state index contributed by atoms with van der Waals surface area (Å²) in [4.78, 5) is 11.7. The summed E-state index contributed by atoms with van der Waals surface area (Å²) < 4.78 is 56.8. The molecule has 4 fully saturated rings. The van der Waals surface area contributed by atoms with Crippen molar-refractivity contribution in [1.29, 1.82) is 0 Å². The van der Waals surface area contributed by atoms with Gasteiger partial charge in [-0.05, 0) is 125 Å². The predicted octanol–water partition coefficient (Wildman–Crippen LogP) is 7.50. The molecule has 8 heteroatoms. The van der Waals surface area contributed by atoms with Crippen molar-refractivity contribution >= 4 is 6.16 Å². The number of ether oxygens (including phenoxy) is 3. The summed E-state index contributed by atoms with van der Waals surface area (Å²) >= 11 is 0. The molecular formula is C29H47F3O5. The van der Waals surface area contributed by atoms with E-state index in [2.05, 4.69) is 20.8 Å². The second-order valence-electron chi connectivity index (χ2n) is 13.5. The molecule has 4 rings (SSSR count). The van der Waals surface area contributed by atoms with Gasteiger partial charge in [-0.2, -0.15) is 13.2 Å². The Labute approximate surface area is 220 Å². The lowest BCUT2D eigenvalue weighted by atomic mass is 9.43. The first-order valence-electron chi connectivity index (χ1n) is 14.4. The van der Waals surface area contributed by atoms with Gasteiger partial charge in [0.05, 0.1) is 12.2 Å². The summed E-state index contributed by atoms with van der Waals surface area (Å²) in [6, 6.07) is 0. The summed E-state index contributed by atoms with van der Waals surface area (Å²) in [6.45, 7) is 12.3. The molecule has 4 aliphatic rings. The predicted molar refractivity (Wildman–Crippen MR) is 134 cm³/mol. The van der Waals surface area contributed by atoms with Gasteiger partial charge >= 0.3 is 12.3 Å². The Balaban J connectivity index is 1.40. The minimum absolute atomic E-state index is 0.0644. The van der Waals surface area contributed by atoms with Gasteiger partial charge in [-0.25, -0.2) is 4.79 Å². The van der Waals surface area contributed by atoms with Gasteiger partial charge in [0.1, 0.15) is 0 Å². The van der Waals surface area contributed by atoms with Gasteiger partial charge in [0.15, 0.2) is 12.4 Å². The highest BCUT2D eigenvalue weighted by Crippen LogP contribution is 2.69. The van der Waals surface area contributed by atoms with E-state index in [1.807, 2.05) is 6.92 Å². The van der Waals surface area contributed by atoms with Crippen LogP contribution in [0.3, 0.4) is 0 Å². The molecule has 214 valence electrons. The van der Waals surface area contributed by atoms with Crippen molar-refractivity contribution in [2.45, 2.75) is 123 Å². The third kappa shape index (κ3) is 5.15. The average molecular weight is 533 g/mol. The van der Waals surface area contributed by atoms with E-state index in [-0.39, 0.29) is 48.6 Å². The fourth-order valence-corrected chi connectivity index (χ4v) is 9.30. The maximum absolute atomic E-state index is 13.6. The molecule has 0 bridgehead atoms. The summed E-state index contributed by atoms with van der Waals surface area (Å²) in [5.74, 6) is 2.27. The number of carbonyl (C=O) groups is 1. The SMILES string of the molecule is CC(C)OC(=O)OCO[C@H](C)[C@@H](C)[C@H]1CC[C@H]2[C@@H]3CC[C@@H]4C[C@@](O)(C(F)(F)F)CC[C@]4(C)[C@H]3CC[C@]12C. The Bertz CT molecular complexity index is 833. The normalized spacial score (nSPS) is 43.4. The maximum atomic E-state index is 13.6. The molecule has 37 heavy (non-hydrogen) atoms. The van der Waals surface area contributed by atoms with Gasteiger partial charge in [0.2, 0.25) is 0 Å². The minimum Gasteiger partial charge on any atom is -0.432 e. The van der Waals surface area contributed by atoms with Crippen LogP contribution in [0.1, 0.15) is 99.3 Å². The van der Waals surface area contributed by atoms with Gasteiger partial charge in [-0.1, -0.05) is 20.8 Å². The Morgan fingerprint density at radius 2 is 1.62 bits per heavy atom. The largest absolute Gasteiger partial charge is 0.510 e. The lowest BCUT2D eigenvalue weighted by molar-refractivity contribution is -0.290. The molecule has 0 radical (unpaired) electrons. The molecule has 1 N–H and O–H groups in total. The maximum Gasteiger partial charge on any atom is 0.510 e. The highest BCUT2D eigenvalue weighted by atomic mass is 19.4. The first-order chi connectivity index (χ1) is 17.1. The second kappa shape index (κ2) is 10.2. The van der Waals surface area contributed by atoms with Crippen molar-refractivity contribution in [3.63, 3.8) is 0 Å². The third-order valence-corrected chi connectivity index (χ3v) is 11.5. The smallest absolute Gasteiger partial charge is 0.432 e. The molecule has 0 amide bonds. The van der Waals surface area contributed by atoms with Gasteiger partial charge in [-0.15, -0.1) is 0 Å². The van der Waals surface area contributed by atoms with Crippen molar-refractivity contribution in [2.24, 2.45) is 46.3 Å². The molecule has 4 saturated carbocycles. The first kappa shape index (κ1) is 29.0. The molecule has 0 aromatic rings. The summed E-state index contributed by atoms with van der Waals surface area (Å²) in [5, 5.41) is 10.5. The van der Waals surface area contributed by atoms with Crippen LogP contribution in [0.5, 0.6) is 0 Å². The number of hydrogen-bond donors (Lipinski definition) is 1. The van der Waals surface area contributed by atoms with Crippen LogP contribution in [0.4, 0.5) is 18.0 Å². The lowest BCUT2D eigenvalue weighted by Crippen LogP contribution is -2.59. The van der Waals surface area contributed by atoms with Gasteiger partial charge in [0, 0.05) is 0 Å². The number of carbonyl (C=O) groups excluding carboxylic acids is 1. The van der Waals surface area contributed by atoms with Crippen LogP contribution in [0.25, 0.3) is 0 Å². The fraction of sp³-hybridized carbons (Fsp3) is 0.966. The highest BCUT2D eigenvalue weighted by Gasteiger charge is 2.65.